The molecule has 1 heterocycles. The highest BCUT2D eigenvalue weighted by Crippen LogP contribution is 2.32. The van der Waals surface area contributed by atoms with E-state index in [1.165, 1.54) is 50.7 Å². The fraction of sp³-hybridized carbons (Fsp3) is 0.344. The third kappa shape index (κ3) is 11.8. The SMILES string of the molecule is COC(=O)CCCCS(=O)(CCCCC(=O)OC)=NC(=O)c1cnc(N)c(-c2ccc(NC(=O)Nc3cc(C(F)(F)F)ccc3F)cc2)c1. The molecule has 264 valence electrons. The third-order valence-corrected chi connectivity index (χ3v) is 9.41. The molecule has 3 amide bonds. The molecule has 17 heteroatoms. The molecular formula is C32H35F4N5O7S. The smallest absolute Gasteiger partial charge is 0.416 e. The summed E-state index contributed by atoms with van der Waals surface area (Å²) in [6, 6.07) is 7.94. The van der Waals surface area contributed by atoms with E-state index in [4.69, 9.17) is 5.73 Å². The van der Waals surface area contributed by atoms with Crippen molar-refractivity contribution in [2.75, 3.05) is 42.1 Å². The molecule has 1 aromatic heterocycles. The predicted octanol–water partition coefficient (Wildman–Crippen LogP) is 6.43. The van der Waals surface area contributed by atoms with Crippen LogP contribution in [0.1, 0.15) is 54.4 Å². The second kappa shape index (κ2) is 17.4. The van der Waals surface area contributed by atoms with Crippen LogP contribution in [0.15, 0.2) is 59.1 Å². The normalized spacial score (nSPS) is 11.4. The maximum absolute atomic E-state index is 14.0. The van der Waals surface area contributed by atoms with Gasteiger partial charge >= 0.3 is 24.1 Å². The molecule has 0 saturated heterocycles. The molecule has 3 aromatic rings. The van der Waals surface area contributed by atoms with Crippen molar-refractivity contribution in [3.05, 3.63) is 71.7 Å². The van der Waals surface area contributed by atoms with Gasteiger partial charge in [0, 0.05) is 41.8 Å². The lowest BCUT2D eigenvalue weighted by molar-refractivity contribution is -0.141. The molecule has 49 heavy (non-hydrogen) atoms. The summed E-state index contributed by atoms with van der Waals surface area (Å²) in [5, 5.41) is 4.43. The maximum atomic E-state index is 14.0. The highest BCUT2D eigenvalue weighted by atomic mass is 32.2. The number of hydrogen-bond donors (Lipinski definition) is 3. The first-order chi connectivity index (χ1) is 23.1. The van der Waals surface area contributed by atoms with E-state index in [1.807, 2.05) is 5.32 Å². The predicted molar refractivity (Wildman–Crippen MR) is 174 cm³/mol. The van der Waals surface area contributed by atoms with Crippen LogP contribution in [-0.4, -0.2) is 58.8 Å². The standard InChI is InChI=1S/C32H35F4N5O7S/c1-47-27(42)7-3-5-15-49(46,16-6-4-8-28(43)48-2)41-30(44)21-17-24(29(37)38-19-21)20-9-12-23(13-10-20)39-31(45)40-26-18-22(32(34,35)36)11-14-25(26)33/h9-14,17-19H,3-8,15-16H2,1-2H3,(H2,37,38)(H2,39,40,45). The number of urea groups is 1. The van der Waals surface area contributed by atoms with Crippen molar-refractivity contribution in [3.63, 3.8) is 0 Å². The number of amides is 3. The van der Waals surface area contributed by atoms with Gasteiger partial charge in [-0.05, 0) is 67.6 Å². The molecule has 0 spiro atoms. The van der Waals surface area contributed by atoms with E-state index in [0.717, 1.165) is 0 Å². The Morgan fingerprint density at radius 1 is 0.878 bits per heavy atom. The average Bonchev–Trinajstić information content (AvgIpc) is 3.06. The van der Waals surface area contributed by atoms with Gasteiger partial charge in [0.2, 0.25) is 0 Å². The lowest BCUT2D eigenvalue weighted by atomic mass is 10.0. The number of ether oxygens (including phenoxy) is 2. The first kappa shape index (κ1) is 38.4. The van der Waals surface area contributed by atoms with E-state index in [1.54, 1.807) is 0 Å². The second-order valence-corrected chi connectivity index (χ2v) is 13.2. The van der Waals surface area contributed by atoms with Gasteiger partial charge in [-0.15, -0.1) is 0 Å². The van der Waals surface area contributed by atoms with Crippen LogP contribution < -0.4 is 16.4 Å². The quantitative estimate of drug-likeness (QED) is 0.0967. The second-order valence-electron chi connectivity index (χ2n) is 10.6. The van der Waals surface area contributed by atoms with Crippen molar-refractivity contribution in [2.24, 2.45) is 4.36 Å². The zero-order chi connectivity index (χ0) is 36.2. The van der Waals surface area contributed by atoms with Crippen LogP contribution in [0.25, 0.3) is 11.1 Å². The molecule has 0 bridgehead atoms. The molecule has 12 nitrogen and oxygen atoms in total. The number of benzene rings is 2. The van der Waals surface area contributed by atoms with Crippen molar-refractivity contribution in [3.8, 4) is 11.1 Å². The minimum atomic E-state index is -4.73. The molecule has 3 rings (SSSR count). The highest BCUT2D eigenvalue weighted by molar-refractivity contribution is 7.93. The summed E-state index contributed by atoms with van der Waals surface area (Å²) in [5.41, 5.74) is 5.22. The van der Waals surface area contributed by atoms with Gasteiger partial charge in [-0.2, -0.15) is 17.5 Å². The first-order valence-electron chi connectivity index (χ1n) is 14.9. The number of rotatable bonds is 14. The molecule has 4 N–H and O–H groups in total. The topological polar surface area (TPSA) is 179 Å². The van der Waals surface area contributed by atoms with Gasteiger partial charge in [-0.25, -0.2) is 18.4 Å². The van der Waals surface area contributed by atoms with Crippen LogP contribution in [0.3, 0.4) is 0 Å². The molecule has 0 radical (unpaired) electrons. The summed E-state index contributed by atoms with van der Waals surface area (Å²) >= 11 is 0. The molecular weight excluding hydrogens is 674 g/mol. The van der Waals surface area contributed by atoms with Gasteiger partial charge in [0.25, 0.3) is 5.91 Å². The minimum absolute atomic E-state index is 0.00857. The van der Waals surface area contributed by atoms with Crippen LogP contribution in [0, 0.1) is 5.82 Å². The van der Waals surface area contributed by atoms with Crippen LogP contribution in [0.4, 0.5) is 39.5 Å². The number of esters is 2. The fourth-order valence-electron chi connectivity index (χ4n) is 4.43. The maximum Gasteiger partial charge on any atom is 0.416 e. The number of nitrogens with zero attached hydrogens (tertiary/aromatic N) is 2. The highest BCUT2D eigenvalue weighted by Gasteiger charge is 2.31. The van der Waals surface area contributed by atoms with Gasteiger partial charge in [0.15, 0.2) is 0 Å². The van der Waals surface area contributed by atoms with Crippen LogP contribution in [0.2, 0.25) is 0 Å². The van der Waals surface area contributed by atoms with Gasteiger partial charge in [-0.1, -0.05) is 12.1 Å². The number of pyridine rings is 1. The third-order valence-electron chi connectivity index (χ3n) is 7.05. The van der Waals surface area contributed by atoms with Crippen LogP contribution in [0.5, 0.6) is 0 Å². The Morgan fingerprint density at radius 2 is 1.47 bits per heavy atom. The number of methoxy groups -OCH3 is 2. The van der Waals surface area contributed by atoms with Gasteiger partial charge < -0.3 is 25.8 Å². The van der Waals surface area contributed by atoms with Gasteiger partial charge in [-0.3, -0.25) is 14.4 Å². The van der Waals surface area contributed by atoms with Crippen molar-refractivity contribution in [1.29, 1.82) is 0 Å². The van der Waals surface area contributed by atoms with Crippen LogP contribution >= 0.6 is 0 Å². The number of nitrogen functional groups attached to an aromatic ring is 1. The molecule has 0 aliphatic carbocycles. The first-order valence-corrected chi connectivity index (χ1v) is 16.7. The Hall–Kier alpha value is -5.06. The number of halogens is 4. The largest absolute Gasteiger partial charge is 0.469 e. The van der Waals surface area contributed by atoms with Crippen LogP contribution in [-0.2, 0) is 35.0 Å². The van der Waals surface area contributed by atoms with E-state index < -0.39 is 56.9 Å². The monoisotopic (exact) mass is 709 g/mol. The fourth-order valence-corrected chi connectivity index (χ4v) is 6.54. The van der Waals surface area contributed by atoms with E-state index >= 15 is 0 Å². The Kier molecular flexibility index (Phi) is 13.6. The number of anilines is 3. The molecule has 0 fully saturated rings. The summed E-state index contributed by atoms with van der Waals surface area (Å²) in [6.45, 7) is 0. The lowest BCUT2D eigenvalue weighted by Crippen LogP contribution is -2.20. The molecule has 0 aliphatic rings. The summed E-state index contributed by atoms with van der Waals surface area (Å²) in [7, 11) is -0.577. The molecule has 0 atom stereocenters. The lowest BCUT2D eigenvalue weighted by Gasteiger charge is -2.12. The summed E-state index contributed by atoms with van der Waals surface area (Å²) in [6.07, 6.45) is -1.91. The Balaban J connectivity index is 1.76. The Morgan fingerprint density at radius 3 is 2.02 bits per heavy atom. The van der Waals surface area contributed by atoms with Crippen molar-refractivity contribution in [2.45, 2.75) is 44.7 Å². The van der Waals surface area contributed by atoms with E-state index in [0.29, 0.717) is 55.0 Å². The number of aromatic nitrogens is 1. The number of hydrogen-bond acceptors (Lipinski definition) is 9. The van der Waals surface area contributed by atoms with E-state index in [-0.39, 0.29) is 41.4 Å². The van der Waals surface area contributed by atoms with Crippen molar-refractivity contribution >= 4 is 50.8 Å². The average molecular weight is 710 g/mol. The molecule has 0 aliphatic heterocycles. The number of carbonyl (C=O) groups excluding carboxylic acids is 4. The zero-order valence-corrected chi connectivity index (χ0v) is 27.4. The number of carbonyl (C=O) groups is 4. The van der Waals surface area contributed by atoms with Crippen molar-refractivity contribution in [1.82, 2.24) is 4.98 Å². The van der Waals surface area contributed by atoms with Gasteiger partial charge in [0.1, 0.15) is 11.6 Å². The van der Waals surface area contributed by atoms with E-state index in [9.17, 15) is 40.9 Å². The summed E-state index contributed by atoms with van der Waals surface area (Å²) in [5.74, 6) is -2.60. The summed E-state index contributed by atoms with van der Waals surface area (Å²) in [4.78, 5) is 52.6. The molecule has 0 saturated carbocycles. The van der Waals surface area contributed by atoms with Gasteiger partial charge in [0.05, 0.1) is 40.8 Å². The zero-order valence-electron chi connectivity index (χ0n) is 26.6. The number of unbranched alkanes of at least 4 members (excludes halogenated alkanes) is 2. The molecule has 0 unspecified atom stereocenters. The van der Waals surface area contributed by atoms with Crippen molar-refractivity contribution < 1.29 is 50.4 Å². The Labute approximate surface area is 279 Å². The Bertz CT molecular complexity index is 1760. The number of nitrogens with one attached hydrogen (secondary N) is 2. The molecule has 2 aromatic carbocycles. The number of alkyl halides is 3. The van der Waals surface area contributed by atoms with E-state index in [2.05, 4.69) is 24.1 Å². The minimum Gasteiger partial charge on any atom is -0.469 e. The summed E-state index contributed by atoms with van der Waals surface area (Å²) < 4.78 is 80.0. The number of nitrogens with two attached hydrogens (primary N) is 1.